The van der Waals surface area contributed by atoms with E-state index >= 15 is 0 Å². The summed E-state index contributed by atoms with van der Waals surface area (Å²) in [6.07, 6.45) is 5.24. The van der Waals surface area contributed by atoms with E-state index in [0.29, 0.717) is 36.4 Å². The molecule has 4 rings (SSSR count). The molecule has 1 saturated heterocycles. The van der Waals surface area contributed by atoms with Gasteiger partial charge in [-0.15, -0.1) is 0 Å². The first kappa shape index (κ1) is 13.7. The lowest BCUT2D eigenvalue weighted by atomic mass is 10.2. The fraction of sp³-hybridized carbons (Fsp3) is 0.333. The Morgan fingerprint density at radius 2 is 2.30 bits per heavy atom. The van der Waals surface area contributed by atoms with Crippen molar-refractivity contribution in [2.75, 3.05) is 13.1 Å². The number of aryl methyl sites for hydroxylation is 1. The SMILES string of the molecule is Cn1c(=O)n(C2CCN(C(=O)c3ccco3)C2)c2ncncc21. The predicted molar refractivity (Wildman–Crippen MR) is 81.0 cm³/mol. The minimum absolute atomic E-state index is 0.0972. The van der Waals surface area contributed by atoms with Gasteiger partial charge in [0.2, 0.25) is 0 Å². The highest BCUT2D eigenvalue weighted by Gasteiger charge is 2.31. The predicted octanol–water partition coefficient (Wildman–Crippen LogP) is 0.810. The quantitative estimate of drug-likeness (QED) is 0.699. The Morgan fingerprint density at radius 3 is 3.09 bits per heavy atom. The van der Waals surface area contributed by atoms with Crippen molar-refractivity contribution in [3.05, 3.63) is 47.2 Å². The normalized spacial score (nSPS) is 18.0. The van der Waals surface area contributed by atoms with Crippen LogP contribution in [0.2, 0.25) is 0 Å². The van der Waals surface area contributed by atoms with Gasteiger partial charge in [-0.1, -0.05) is 0 Å². The highest BCUT2D eigenvalue weighted by atomic mass is 16.3. The van der Waals surface area contributed by atoms with Crippen molar-refractivity contribution in [2.24, 2.45) is 7.05 Å². The molecule has 1 fully saturated rings. The zero-order valence-corrected chi connectivity index (χ0v) is 12.5. The van der Waals surface area contributed by atoms with E-state index in [9.17, 15) is 9.59 Å². The van der Waals surface area contributed by atoms with Gasteiger partial charge in [0.05, 0.1) is 18.5 Å². The number of likely N-dealkylation sites (tertiary alicyclic amines) is 1. The van der Waals surface area contributed by atoms with Crippen molar-refractivity contribution in [1.29, 1.82) is 0 Å². The molecule has 4 heterocycles. The third-order valence-corrected chi connectivity index (χ3v) is 4.30. The molecule has 1 amide bonds. The van der Waals surface area contributed by atoms with Gasteiger partial charge in [-0.25, -0.2) is 14.8 Å². The molecule has 1 aliphatic rings. The molecule has 0 spiro atoms. The van der Waals surface area contributed by atoms with Gasteiger partial charge in [0, 0.05) is 20.1 Å². The second-order valence-electron chi connectivity index (χ2n) is 5.61. The molecule has 23 heavy (non-hydrogen) atoms. The summed E-state index contributed by atoms with van der Waals surface area (Å²) < 4.78 is 8.36. The fourth-order valence-electron chi connectivity index (χ4n) is 3.12. The van der Waals surface area contributed by atoms with E-state index in [2.05, 4.69) is 9.97 Å². The summed E-state index contributed by atoms with van der Waals surface area (Å²) in [7, 11) is 1.70. The Hall–Kier alpha value is -2.90. The number of rotatable bonds is 2. The number of aromatic nitrogens is 4. The minimum atomic E-state index is -0.152. The van der Waals surface area contributed by atoms with Gasteiger partial charge in [-0.3, -0.25) is 13.9 Å². The van der Waals surface area contributed by atoms with Crippen LogP contribution in [0.4, 0.5) is 0 Å². The highest BCUT2D eigenvalue weighted by molar-refractivity contribution is 5.91. The molecule has 0 bridgehead atoms. The number of hydrogen-bond acceptors (Lipinski definition) is 5. The van der Waals surface area contributed by atoms with Crippen molar-refractivity contribution in [1.82, 2.24) is 24.0 Å². The van der Waals surface area contributed by atoms with E-state index < -0.39 is 0 Å². The van der Waals surface area contributed by atoms with Crippen LogP contribution in [0.5, 0.6) is 0 Å². The summed E-state index contributed by atoms with van der Waals surface area (Å²) in [6, 6.07) is 3.24. The Kier molecular flexibility index (Phi) is 3.03. The van der Waals surface area contributed by atoms with Crippen molar-refractivity contribution >= 4 is 17.1 Å². The first-order chi connectivity index (χ1) is 11.2. The lowest BCUT2D eigenvalue weighted by molar-refractivity contribution is 0.0756. The zero-order valence-electron chi connectivity index (χ0n) is 12.5. The lowest BCUT2D eigenvalue weighted by Crippen LogP contribution is -2.31. The van der Waals surface area contributed by atoms with Crippen molar-refractivity contribution < 1.29 is 9.21 Å². The second kappa shape index (κ2) is 5.08. The van der Waals surface area contributed by atoms with Crippen LogP contribution in [0.15, 0.2) is 40.1 Å². The summed E-state index contributed by atoms with van der Waals surface area (Å²) >= 11 is 0. The molecule has 0 saturated carbocycles. The second-order valence-corrected chi connectivity index (χ2v) is 5.61. The van der Waals surface area contributed by atoms with Crippen LogP contribution in [0.25, 0.3) is 11.2 Å². The maximum atomic E-state index is 12.5. The molecule has 118 valence electrons. The van der Waals surface area contributed by atoms with Gasteiger partial charge in [-0.05, 0) is 18.6 Å². The number of amides is 1. The van der Waals surface area contributed by atoms with E-state index in [0.717, 1.165) is 0 Å². The largest absolute Gasteiger partial charge is 0.459 e. The molecule has 0 aromatic carbocycles. The standard InChI is InChI=1S/C15H15N5O3/c1-18-11-7-16-9-17-13(11)20(15(18)22)10-4-5-19(8-10)14(21)12-3-2-6-23-12/h2-3,6-7,9-10H,4-5,8H2,1H3. The molecule has 0 N–H and O–H groups in total. The number of imidazole rings is 1. The molecule has 8 nitrogen and oxygen atoms in total. The first-order valence-corrected chi connectivity index (χ1v) is 7.36. The number of carbonyl (C=O) groups is 1. The smallest absolute Gasteiger partial charge is 0.330 e. The average molecular weight is 313 g/mol. The fourth-order valence-corrected chi connectivity index (χ4v) is 3.12. The van der Waals surface area contributed by atoms with Gasteiger partial charge >= 0.3 is 5.69 Å². The Bertz CT molecular complexity index is 924. The molecule has 1 aliphatic heterocycles. The van der Waals surface area contributed by atoms with Crippen LogP contribution >= 0.6 is 0 Å². The van der Waals surface area contributed by atoms with Gasteiger partial charge in [0.1, 0.15) is 11.8 Å². The van der Waals surface area contributed by atoms with E-state index in [1.54, 1.807) is 34.8 Å². The topological polar surface area (TPSA) is 86.2 Å². The van der Waals surface area contributed by atoms with Crippen LogP contribution < -0.4 is 5.69 Å². The van der Waals surface area contributed by atoms with Gasteiger partial charge < -0.3 is 9.32 Å². The van der Waals surface area contributed by atoms with Crippen LogP contribution in [0.3, 0.4) is 0 Å². The molecule has 3 aromatic rings. The number of hydrogen-bond donors (Lipinski definition) is 0. The maximum absolute atomic E-state index is 12.5. The monoisotopic (exact) mass is 313 g/mol. The van der Waals surface area contributed by atoms with Crippen molar-refractivity contribution in [3.8, 4) is 0 Å². The van der Waals surface area contributed by atoms with Gasteiger partial charge in [0.25, 0.3) is 5.91 Å². The third kappa shape index (κ3) is 2.06. The average Bonchev–Trinajstić information content (AvgIpc) is 3.29. The van der Waals surface area contributed by atoms with Crippen LogP contribution in [0, 0.1) is 0 Å². The molecular formula is C15H15N5O3. The Labute approximate surface area is 131 Å². The van der Waals surface area contributed by atoms with E-state index in [1.807, 2.05) is 0 Å². The summed E-state index contributed by atoms with van der Waals surface area (Å²) in [6.45, 7) is 1.04. The number of carbonyl (C=O) groups excluding carboxylic acids is 1. The summed E-state index contributed by atoms with van der Waals surface area (Å²) in [5.41, 5.74) is 1.15. The van der Waals surface area contributed by atoms with Crippen molar-refractivity contribution in [3.63, 3.8) is 0 Å². The maximum Gasteiger partial charge on any atom is 0.330 e. The minimum Gasteiger partial charge on any atom is -0.459 e. The number of nitrogens with zero attached hydrogens (tertiary/aromatic N) is 5. The highest BCUT2D eigenvalue weighted by Crippen LogP contribution is 2.24. The van der Waals surface area contributed by atoms with Crippen LogP contribution in [-0.4, -0.2) is 43.0 Å². The third-order valence-electron chi connectivity index (χ3n) is 4.30. The molecule has 1 atom stereocenters. The molecule has 3 aromatic heterocycles. The van der Waals surface area contributed by atoms with Crippen molar-refractivity contribution in [2.45, 2.75) is 12.5 Å². The Morgan fingerprint density at radius 1 is 1.43 bits per heavy atom. The van der Waals surface area contributed by atoms with Crippen LogP contribution in [-0.2, 0) is 7.05 Å². The first-order valence-electron chi connectivity index (χ1n) is 7.36. The molecular weight excluding hydrogens is 298 g/mol. The zero-order chi connectivity index (χ0) is 16.0. The van der Waals surface area contributed by atoms with E-state index in [4.69, 9.17) is 4.42 Å². The van der Waals surface area contributed by atoms with Gasteiger partial charge in [0.15, 0.2) is 11.4 Å². The van der Waals surface area contributed by atoms with E-state index in [-0.39, 0.29) is 17.6 Å². The van der Waals surface area contributed by atoms with Crippen LogP contribution in [0.1, 0.15) is 23.0 Å². The molecule has 0 radical (unpaired) electrons. The molecule has 1 unspecified atom stereocenters. The van der Waals surface area contributed by atoms with Gasteiger partial charge in [-0.2, -0.15) is 0 Å². The lowest BCUT2D eigenvalue weighted by Gasteiger charge is -2.15. The summed E-state index contributed by atoms with van der Waals surface area (Å²) in [4.78, 5) is 34.8. The Balaban J connectivity index is 1.67. The summed E-state index contributed by atoms with van der Waals surface area (Å²) in [5, 5.41) is 0. The number of furan rings is 1. The number of fused-ring (bicyclic) bond motifs is 1. The molecule has 8 heteroatoms. The summed E-state index contributed by atoms with van der Waals surface area (Å²) in [5.74, 6) is 0.165. The van der Waals surface area contributed by atoms with E-state index in [1.165, 1.54) is 17.2 Å². The molecule has 0 aliphatic carbocycles.